The molecular weight excluding hydrogens is 150 g/mol. The number of imidazole rings is 1. The van der Waals surface area contributed by atoms with Crippen molar-refractivity contribution in [3.8, 4) is 0 Å². The van der Waals surface area contributed by atoms with E-state index in [2.05, 4.69) is 35.6 Å². The Balaban J connectivity index is 2.52. The first kappa shape index (κ1) is 7.80. The van der Waals surface area contributed by atoms with Crippen LogP contribution in [-0.4, -0.2) is 9.55 Å². The summed E-state index contributed by atoms with van der Waals surface area (Å²) in [5.41, 5.74) is 2.61. The van der Waals surface area contributed by atoms with Crippen LogP contribution in [0.15, 0.2) is 0 Å². The van der Waals surface area contributed by atoms with Crippen molar-refractivity contribution >= 4 is 0 Å². The van der Waals surface area contributed by atoms with Crippen LogP contribution in [0.5, 0.6) is 0 Å². The molecule has 3 heteroatoms. The molecule has 1 aromatic rings. The van der Waals surface area contributed by atoms with Crippen molar-refractivity contribution in [3.63, 3.8) is 0 Å². The number of rotatable bonds is 1. The van der Waals surface area contributed by atoms with Crippen LogP contribution in [0.4, 0.5) is 0 Å². The van der Waals surface area contributed by atoms with Gasteiger partial charge in [-0.25, -0.2) is 4.98 Å². The number of aryl methyl sites for hydroxylation is 1. The molecule has 0 aromatic carbocycles. The number of hydrogen-bond acceptors (Lipinski definition) is 2. The summed E-state index contributed by atoms with van der Waals surface area (Å²) < 4.78 is 2.31. The Labute approximate surface area is 72.8 Å². The standard InChI is InChI=1S/C9H15N3/c1-6(2)12-7(3)11-8-4-10-5-9(8)12/h6,10H,4-5H2,1-3H3. The fourth-order valence-electron chi connectivity index (χ4n) is 1.96. The molecule has 12 heavy (non-hydrogen) atoms. The Hall–Kier alpha value is -0.830. The van der Waals surface area contributed by atoms with E-state index in [-0.39, 0.29) is 0 Å². The molecule has 2 rings (SSSR count). The summed E-state index contributed by atoms with van der Waals surface area (Å²) in [7, 11) is 0. The second kappa shape index (κ2) is 2.59. The van der Waals surface area contributed by atoms with Crippen LogP contribution in [0.3, 0.4) is 0 Å². The normalized spacial score (nSPS) is 15.7. The van der Waals surface area contributed by atoms with E-state index in [0.29, 0.717) is 6.04 Å². The number of hydrogen-bond donors (Lipinski definition) is 1. The third-order valence-corrected chi connectivity index (χ3v) is 2.37. The molecule has 1 aliphatic heterocycles. The summed E-state index contributed by atoms with van der Waals surface area (Å²) in [4.78, 5) is 4.51. The van der Waals surface area contributed by atoms with Crippen LogP contribution in [0.2, 0.25) is 0 Å². The molecule has 1 N–H and O–H groups in total. The van der Waals surface area contributed by atoms with Gasteiger partial charge < -0.3 is 9.88 Å². The van der Waals surface area contributed by atoms with Gasteiger partial charge in [-0.3, -0.25) is 0 Å². The highest BCUT2D eigenvalue weighted by Gasteiger charge is 2.19. The summed E-state index contributed by atoms with van der Waals surface area (Å²) in [5, 5.41) is 3.31. The molecule has 0 saturated heterocycles. The summed E-state index contributed by atoms with van der Waals surface area (Å²) in [5.74, 6) is 1.15. The minimum Gasteiger partial charge on any atom is -0.328 e. The molecular formula is C9H15N3. The predicted molar refractivity (Wildman–Crippen MR) is 47.9 cm³/mol. The van der Waals surface area contributed by atoms with Crippen molar-refractivity contribution in [2.75, 3.05) is 0 Å². The fraction of sp³-hybridized carbons (Fsp3) is 0.667. The van der Waals surface area contributed by atoms with Gasteiger partial charge in [0, 0.05) is 19.1 Å². The Kier molecular flexibility index (Phi) is 1.68. The van der Waals surface area contributed by atoms with Gasteiger partial charge >= 0.3 is 0 Å². The van der Waals surface area contributed by atoms with Gasteiger partial charge in [0.1, 0.15) is 5.82 Å². The van der Waals surface area contributed by atoms with E-state index in [0.717, 1.165) is 18.9 Å². The topological polar surface area (TPSA) is 29.9 Å². The maximum atomic E-state index is 4.51. The van der Waals surface area contributed by atoms with Crippen molar-refractivity contribution in [3.05, 3.63) is 17.2 Å². The molecule has 1 aliphatic rings. The number of fused-ring (bicyclic) bond motifs is 1. The van der Waals surface area contributed by atoms with Crippen LogP contribution < -0.4 is 5.32 Å². The zero-order valence-corrected chi connectivity index (χ0v) is 7.89. The van der Waals surface area contributed by atoms with E-state index in [4.69, 9.17) is 0 Å². The number of nitrogens with one attached hydrogen (secondary N) is 1. The Morgan fingerprint density at radius 2 is 2.17 bits per heavy atom. The van der Waals surface area contributed by atoms with Crippen molar-refractivity contribution in [2.24, 2.45) is 0 Å². The average molecular weight is 165 g/mol. The Morgan fingerprint density at radius 3 is 2.83 bits per heavy atom. The Morgan fingerprint density at radius 1 is 1.42 bits per heavy atom. The van der Waals surface area contributed by atoms with Crippen molar-refractivity contribution in [2.45, 2.75) is 39.9 Å². The molecule has 0 amide bonds. The maximum absolute atomic E-state index is 4.51. The van der Waals surface area contributed by atoms with E-state index < -0.39 is 0 Å². The minimum atomic E-state index is 0.529. The van der Waals surface area contributed by atoms with Gasteiger partial charge in [-0.15, -0.1) is 0 Å². The quantitative estimate of drug-likeness (QED) is 0.681. The molecule has 0 fully saturated rings. The highest BCUT2D eigenvalue weighted by Crippen LogP contribution is 2.20. The smallest absolute Gasteiger partial charge is 0.106 e. The van der Waals surface area contributed by atoms with Crippen LogP contribution in [-0.2, 0) is 13.1 Å². The molecule has 0 atom stereocenters. The SMILES string of the molecule is Cc1nc2c(n1C(C)C)CNC2. The molecule has 3 nitrogen and oxygen atoms in total. The molecule has 0 saturated carbocycles. The Bertz CT molecular complexity index is 299. The van der Waals surface area contributed by atoms with Gasteiger partial charge in [-0.1, -0.05) is 0 Å². The maximum Gasteiger partial charge on any atom is 0.106 e. The first-order valence-electron chi connectivity index (χ1n) is 4.47. The molecule has 1 aromatic heterocycles. The zero-order chi connectivity index (χ0) is 8.72. The number of aromatic nitrogens is 2. The monoisotopic (exact) mass is 165 g/mol. The number of nitrogens with zero attached hydrogens (tertiary/aromatic N) is 2. The largest absolute Gasteiger partial charge is 0.328 e. The highest BCUT2D eigenvalue weighted by molar-refractivity contribution is 5.21. The third-order valence-electron chi connectivity index (χ3n) is 2.37. The summed E-state index contributed by atoms with van der Waals surface area (Å²) in [6.45, 7) is 8.41. The van der Waals surface area contributed by atoms with Gasteiger partial charge in [0.2, 0.25) is 0 Å². The van der Waals surface area contributed by atoms with Crippen molar-refractivity contribution in [1.29, 1.82) is 0 Å². The van der Waals surface area contributed by atoms with Crippen LogP contribution in [0, 0.1) is 6.92 Å². The zero-order valence-electron chi connectivity index (χ0n) is 7.89. The van der Waals surface area contributed by atoms with E-state index >= 15 is 0 Å². The summed E-state index contributed by atoms with van der Waals surface area (Å²) in [6.07, 6.45) is 0. The second-order valence-corrected chi connectivity index (χ2v) is 3.62. The van der Waals surface area contributed by atoms with E-state index in [1.54, 1.807) is 0 Å². The molecule has 0 spiro atoms. The first-order valence-corrected chi connectivity index (χ1v) is 4.47. The van der Waals surface area contributed by atoms with Gasteiger partial charge in [-0.05, 0) is 20.8 Å². The predicted octanol–water partition coefficient (Wildman–Crippen LogP) is 1.38. The molecule has 0 aliphatic carbocycles. The van der Waals surface area contributed by atoms with E-state index in [9.17, 15) is 0 Å². The minimum absolute atomic E-state index is 0.529. The molecule has 66 valence electrons. The van der Waals surface area contributed by atoms with Gasteiger partial charge in [-0.2, -0.15) is 0 Å². The second-order valence-electron chi connectivity index (χ2n) is 3.62. The lowest BCUT2D eigenvalue weighted by Crippen LogP contribution is -2.10. The van der Waals surface area contributed by atoms with Gasteiger partial charge in [0.15, 0.2) is 0 Å². The van der Waals surface area contributed by atoms with Gasteiger partial charge in [0.05, 0.1) is 11.4 Å². The molecule has 2 heterocycles. The van der Waals surface area contributed by atoms with Crippen LogP contribution in [0.25, 0.3) is 0 Å². The molecule has 0 bridgehead atoms. The van der Waals surface area contributed by atoms with Crippen LogP contribution in [0.1, 0.15) is 37.1 Å². The van der Waals surface area contributed by atoms with Crippen molar-refractivity contribution in [1.82, 2.24) is 14.9 Å². The van der Waals surface area contributed by atoms with Crippen LogP contribution >= 0.6 is 0 Å². The van der Waals surface area contributed by atoms with E-state index in [1.807, 2.05) is 0 Å². The first-order chi connectivity index (χ1) is 5.70. The average Bonchev–Trinajstić information content (AvgIpc) is 2.44. The van der Waals surface area contributed by atoms with E-state index in [1.165, 1.54) is 11.4 Å². The summed E-state index contributed by atoms with van der Waals surface area (Å²) in [6, 6.07) is 0.529. The fourth-order valence-corrected chi connectivity index (χ4v) is 1.96. The summed E-state index contributed by atoms with van der Waals surface area (Å²) >= 11 is 0. The molecule has 0 radical (unpaired) electrons. The lowest BCUT2D eigenvalue weighted by atomic mass is 10.3. The van der Waals surface area contributed by atoms with Gasteiger partial charge in [0.25, 0.3) is 0 Å². The third kappa shape index (κ3) is 0.966. The lowest BCUT2D eigenvalue weighted by Gasteiger charge is -2.12. The highest BCUT2D eigenvalue weighted by atomic mass is 15.2. The molecule has 0 unspecified atom stereocenters. The lowest BCUT2D eigenvalue weighted by molar-refractivity contribution is 0.550. The van der Waals surface area contributed by atoms with Crippen molar-refractivity contribution < 1.29 is 0 Å².